The van der Waals surface area contributed by atoms with E-state index in [1.165, 1.54) is 12.1 Å². The van der Waals surface area contributed by atoms with Crippen molar-refractivity contribution in [1.29, 1.82) is 0 Å². The Bertz CT molecular complexity index is 3030. The summed E-state index contributed by atoms with van der Waals surface area (Å²) in [5, 5.41) is 18.8. The van der Waals surface area contributed by atoms with Gasteiger partial charge in [0, 0.05) is 90.4 Å². The van der Waals surface area contributed by atoms with Gasteiger partial charge in [-0.05, 0) is 129 Å². The molecule has 0 bridgehead atoms. The Morgan fingerprint density at radius 1 is 0.603 bits per heavy atom. The molecular formula is C55H53Cl4FN8O5. The third-order valence-electron chi connectivity index (χ3n) is 13.7. The predicted octanol–water partition coefficient (Wildman–Crippen LogP) is 10.7. The lowest BCUT2D eigenvalue weighted by Crippen LogP contribution is -2.40. The Morgan fingerprint density at radius 2 is 1.14 bits per heavy atom. The highest BCUT2D eigenvalue weighted by Crippen LogP contribution is 2.40. The summed E-state index contributed by atoms with van der Waals surface area (Å²) in [5.74, 6) is -0.805. The molecule has 2 fully saturated rings. The lowest BCUT2D eigenvalue weighted by molar-refractivity contribution is 0.0303. The van der Waals surface area contributed by atoms with Crippen LogP contribution in [-0.4, -0.2) is 106 Å². The quantitative estimate of drug-likeness (QED) is 0.0854. The van der Waals surface area contributed by atoms with Crippen LogP contribution < -0.4 is 9.80 Å². The van der Waals surface area contributed by atoms with Crippen molar-refractivity contribution >= 4 is 81.2 Å². The molecule has 0 aliphatic carbocycles. The smallest absolute Gasteiger partial charge is 0.254 e. The van der Waals surface area contributed by atoms with Crippen molar-refractivity contribution in [2.45, 2.75) is 70.9 Å². The normalized spacial score (nSPS) is 15.8. The number of hydrogen-bond acceptors (Lipinski definition) is 11. The molecule has 2 aromatic heterocycles. The molecule has 4 aliphatic heterocycles. The number of nitrogens with zero attached hydrogens (tertiary/aromatic N) is 8. The number of morpholine rings is 1. The van der Waals surface area contributed by atoms with E-state index in [1.807, 2.05) is 48.2 Å². The number of carbonyl (C=O) groups is 4. The van der Waals surface area contributed by atoms with Crippen LogP contribution in [0.4, 0.5) is 15.8 Å². The Balaban J connectivity index is 0.000000180. The number of anilines is 2. The van der Waals surface area contributed by atoms with E-state index in [4.69, 9.17) is 51.1 Å². The summed E-state index contributed by atoms with van der Waals surface area (Å²) in [4.78, 5) is 59.3. The SMILES string of the molecule is CC(c1c(Cl)ccc(F)c1Cl)N1CCCc2nnc(C(=O)Cc3ccc(C(=O)N4CCCC4)cc3)cc21.O=C(Cc1ccc(C(=O)N2CCOCC2)cc1)c1cc2c(nn1)CCCN2Cc1cc(Cl)ccc1Cl. The van der Waals surface area contributed by atoms with E-state index in [9.17, 15) is 23.6 Å². The number of fused-ring (bicyclic) bond motifs is 2. The lowest BCUT2D eigenvalue weighted by Gasteiger charge is -2.36. The van der Waals surface area contributed by atoms with E-state index in [-0.39, 0.29) is 53.0 Å². The fourth-order valence-electron chi connectivity index (χ4n) is 9.71. The van der Waals surface area contributed by atoms with E-state index < -0.39 is 5.82 Å². The minimum atomic E-state index is -0.526. The van der Waals surface area contributed by atoms with E-state index >= 15 is 0 Å². The van der Waals surface area contributed by atoms with Crippen LogP contribution in [0.5, 0.6) is 0 Å². The molecule has 4 aliphatic rings. The van der Waals surface area contributed by atoms with Gasteiger partial charge in [0.1, 0.15) is 17.2 Å². The van der Waals surface area contributed by atoms with E-state index in [0.717, 1.165) is 97.6 Å². The van der Waals surface area contributed by atoms with E-state index in [1.54, 1.807) is 47.4 Å². The molecule has 0 spiro atoms. The molecule has 1 unspecified atom stereocenters. The summed E-state index contributed by atoms with van der Waals surface area (Å²) in [6.07, 6.45) is 5.74. The fourth-order valence-corrected chi connectivity index (χ4v) is 10.8. The fraction of sp³-hybridized carbons (Fsp3) is 0.345. The standard InChI is InChI=1S/C28H27Cl2FN4O2.C27H26Cl2N4O3/c1-17(26-20(29)10-11-21(31)27(26)30)35-14-4-5-22-24(35)16-23(33-32-22)25(36)15-18-6-8-19(9-7-18)28(37)34-12-2-3-13-34;28-21-7-8-22(29)20(15-21)17-33-9-1-2-23-25(33)16-24(31-30-23)26(34)14-18-3-5-19(6-4-18)27(35)32-10-12-36-13-11-32/h6-11,16-17H,2-5,12-15H2,1H3;3-8,15-16H,1-2,9-14,17H2. The molecule has 10 rings (SSSR count). The van der Waals surface area contributed by atoms with Crippen LogP contribution in [0.15, 0.2) is 91.0 Å². The van der Waals surface area contributed by atoms with E-state index in [2.05, 4.69) is 30.2 Å². The van der Waals surface area contributed by atoms with Crippen molar-refractivity contribution in [3.63, 3.8) is 0 Å². The van der Waals surface area contributed by atoms with Gasteiger partial charge in [0.05, 0.1) is 47.0 Å². The minimum absolute atomic E-state index is 0.00269. The maximum absolute atomic E-state index is 14.2. The number of aromatic nitrogens is 4. The van der Waals surface area contributed by atoms with Gasteiger partial charge in [-0.15, -0.1) is 10.2 Å². The molecule has 13 nitrogen and oxygen atoms in total. The van der Waals surface area contributed by atoms with Gasteiger partial charge in [-0.1, -0.05) is 70.7 Å². The molecular weight excluding hydrogens is 1010 g/mol. The molecule has 0 N–H and O–H groups in total. The summed E-state index contributed by atoms with van der Waals surface area (Å²) in [6, 6.07) is 25.8. The zero-order valence-corrected chi connectivity index (χ0v) is 43.3. The molecule has 1 atom stereocenters. The van der Waals surface area contributed by atoms with Crippen LogP contribution in [0.3, 0.4) is 0 Å². The number of benzene rings is 4. The van der Waals surface area contributed by atoms with Crippen LogP contribution in [0.1, 0.15) is 114 Å². The topological polar surface area (TPSA) is 142 Å². The first-order valence-corrected chi connectivity index (χ1v) is 26.0. The first-order valence-electron chi connectivity index (χ1n) is 24.5. The van der Waals surface area contributed by atoms with Crippen LogP contribution in [0, 0.1) is 5.82 Å². The van der Waals surface area contributed by atoms with Crippen molar-refractivity contribution in [2.75, 3.05) is 62.3 Å². The Kier molecular flexibility index (Phi) is 16.7. The largest absolute Gasteiger partial charge is 0.378 e. The molecule has 2 saturated heterocycles. The number of aryl methyl sites for hydroxylation is 2. The highest BCUT2D eigenvalue weighted by molar-refractivity contribution is 6.36. The molecule has 18 heteroatoms. The first-order chi connectivity index (χ1) is 35.3. The second-order valence-electron chi connectivity index (χ2n) is 18.6. The molecule has 2 amide bonds. The Hall–Kier alpha value is -6.03. The second kappa shape index (κ2) is 23.5. The van der Waals surface area contributed by atoms with Gasteiger partial charge >= 0.3 is 0 Å². The maximum atomic E-state index is 14.2. The van der Waals surface area contributed by atoms with E-state index in [0.29, 0.717) is 76.8 Å². The summed E-state index contributed by atoms with van der Waals surface area (Å²) in [7, 11) is 0. The average Bonchev–Trinajstić information content (AvgIpc) is 3.97. The summed E-state index contributed by atoms with van der Waals surface area (Å²) in [6.45, 7) is 7.89. The molecule has 73 heavy (non-hydrogen) atoms. The second-order valence-corrected chi connectivity index (χ2v) is 20.2. The van der Waals surface area contributed by atoms with Gasteiger partial charge in [-0.25, -0.2) is 4.39 Å². The molecule has 6 heterocycles. The first kappa shape index (κ1) is 51.9. The number of ether oxygens (including phenoxy) is 1. The number of likely N-dealkylation sites (tertiary alicyclic amines) is 1. The lowest BCUT2D eigenvalue weighted by atomic mass is 9.99. The number of halogens is 5. The minimum Gasteiger partial charge on any atom is -0.378 e. The molecule has 4 aromatic carbocycles. The summed E-state index contributed by atoms with van der Waals surface area (Å²) in [5.41, 5.74) is 8.21. The highest BCUT2D eigenvalue weighted by Gasteiger charge is 2.30. The third-order valence-corrected chi connectivity index (χ3v) is 15.0. The van der Waals surface area contributed by atoms with Crippen molar-refractivity contribution in [2.24, 2.45) is 0 Å². The molecule has 6 aromatic rings. The van der Waals surface area contributed by atoms with Crippen LogP contribution >= 0.6 is 46.4 Å². The van der Waals surface area contributed by atoms with Crippen LogP contribution in [-0.2, 0) is 37.0 Å². The predicted molar refractivity (Wildman–Crippen MR) is 281 cm³/mol. The van der Waals surface area contributed by atoms with Gasteiger partial charge in [0.2, 0.25) is 0 Å². The number of ketones is 2. The Morgan fingerprint density at radius 3 is 1.74 bits per heavy atom. The van der Waals surface area contributed by atoms with Crippen molar-refractivity contribution in [3.05, 3.63) is 173 Å². The zero-order valence-electron chi connectivity index (χ0n) is 40.3. The van der Waals surface area contributed by atoms with Crippen LogP contribution in [0.25, 0.3) is 0 Å². The van der Waals surface area contributed by atoms with Crippen molar-refractivity contribution in [3.8, 4) is 0 Å². The van der Waals surface area contributed by atoms with Gasteiger partial charge in [0.25, 0.3) is 11.8 Å². The van der Waals surface area contributed by atoms with Crippen molar-refractivity contribution < 1.29 is 28.3 Å². The number of carbonyl (C=O) groups excluding carboxylic acids is 4. The Labute approximate surface area is 443 Å². The van der Waals surface area contributed by atoms with Gasteiger partial charge in [0.15, 0.2) is 11.6 Å². The van der Waals surface area contributed by atoms with Crippen molar-refractivity contribution in [1.82, 2.24) is 30.2 Å². The van der Waals surface area contributed by atoms with Gasteiger partial charge in [-0.3, -0.25) is 19.2 Å². The number of amides is 2. The molecule has 378 valence electrons. The summed E-state index contributed by atoms with van der Waals surface area (Å²) >= 11 is 25.3. The summed E-state index contributed by atoms with van der Waals surface area (Å²) < 4.78 is 19.5. The molecule has 0 saturated carbocycles. The van der Waals surface area contributed by atoms with Gasteiger partial charge < -0.3 is 24.3 Å². The number of rotatable bonds is 12. The van der Waals surface area contributed by atoms with Gasteiger partial charge in [-0.2, -0.15) is 10.2 Å². The third kappa shape index (κ3) is 12.2. The maximum Gasteiger partial charge on any atom is 0.254 e. The zero-order chi connectivity index (χ0) is 51.2. The highest BCUT2D eigenvalue weighted by atomic mass is 35.5. The number of Topliss-reactive ketones (excluding diaryl/α,β-unsaturated/α-hetero) is 2. The average molecular weight is 1070 g/mol. The van der Waals surface area contributed by atoms with Crippen LogP contribution in [0.2, 0.25) is 20.1 Å². The number of hydrogen-bond donors (Lipinski definition) is 0. The molecule has 0 radical (unpaired) electrons. The monoisotopic (exact) mass is 1060 g/mol.